The first-order chi connectivity index (χ1) is 15.5. The number of amides is 2. The van der Waals surface area contributed by atoms with Crippen LogP contribution in [0, 0.1) is 11.8 Å². The third kappa shape index (κ3) is 4.77. The number of ether oxygens (including phenoxy) is 1. The van der Waals surface area contributed by atoms with E-state index in [0.29, 0.717) is 19.4 Å². The van der Waals surface area contributed by atoms with Crippen molar-refractivity contribution in [3.63, 3.8) is 0 Å². The summed E-state index contributed by atoms with van der Waals surface area (Å²) >= 11 is 0. The smallest absolute Gasteiger partial charge is 0.407 e. The van der Waals surface area contributed by atoms with Gasteiger partial charge in [0.05, 0.1) is 6.42 Å². The summed E-state index contributed by atoms with van der Waals surface area (Å²) in [7, 11) is 0. The zero-order valence-electron chi connectivity index (χ0n) is 18.0. The minimum Gasteiger partial charge on any atom is -0.481 e. The average molecular weight is 437 g/mol. The normalized spacial score (nSPS) is 19.4. The van der Waals surface area contributed by atoms with E-state index in [-0.39, 0.29) is 42.7 Å². The molecule has 2 aliphatic rings. The molecule has 7 heteroatoms. The van der Waals surface area contributed by atoms with Gasteiger partial charge in [-0.3, -0.25) is 9.59 Å². The summed E-state index contributed by atoms with van der Waals surface area (Å²) < 4.78 is 5.52. The van der Waals surface area contributed by atoms with E-state index in [0.717, 1.165) is 11.1 Å². The first-order valence-corrected chi connectivity index (χ1v) is 11.1. The summed E-state index contributed by atoms with van der Waals surface area (Å²) in [5.41, 5.74) is 4.67. The van der Waals surface area contributed by atoms with E-state index < -0.39 is 12.1 Å². The van der Waals surface area contributed by atoms with Crippen LogP contribution in [0.4, 0.5) is 4.79 Å². The summed E-state index contributed by atoms with van der Waals surface area (Å²) in [4.78, 5) is 35.4. The van der Waals surface area contributed by atoms with E-state index >= 15 is 0 Å². The molecule has 7 nitrogen and oxygen atoms in total. The lowest BCUT2D eigenvalue weighted by Gasteiger charge is -2.15. The van der Waals surface area contributed by atoms with Crippen LogP contribution in [-0.4, -0.2) is 42.3 Å². The lowest BCUT2D eigenvalue weighted by Crippen LogP contribution is -2.38. The van der Waals surface area contributed by atoms with Crippen molar-refractivity contribution in [3.8, 4) is 11.1 Å². The zero-order valence-corrected chi connectivity index (χ0v) is 18.0. The highest BCUT2D eigenvalue weighted by Gasteiger charge is 2.43. The SMILES string of the molecule is CC[C@@H](CC(=O)O)NC(=O)[C@H]1C[C@H]1CNC(=O)OCC1c2ccccc2-c2ccccc21. The maximum absolute atomic E-state index is 12.3. The fraction of sp³-hybridized carbons (Fsp3) is 0.400. The molecular formula is C25H28N2O5. The first-order valence-electron chi connectivity index (χ1n) is 11.1. The largest absolute Gasteiger partial charge is 0.481 e. The summed E-state index contributed by atoms with van der Waals surface area (Å²) in [5, 5.41) is 14.5. The predicted molar refractivity (Wildman–Crippen MR) is 119 cm³/mol. The second-order valence-electron chi connectivity index (χ2n) is 8.52. The number of carbonyl (C=O) groups excluding carboxylic acids is 2. The van der Waals surface area contributed by atoms with Gasteiger partial charge in [-0.25, -0.2) is 4.79 Å². The molecule has 0 heterocycles. The Labute approximate surface area is 187 Å². The molecule has 2 aliphatic carbocycles. The molecule has 2 amide bonds. The topological polar surface area (TPSA) is 105 Å². The van der Waals surface area contributed by atoms with Crippen LogP contribution in [0.5, 0.6) is 0 Å². The van der Waals surface area contributed by atoms with Gasteiger partial charge < -0.3 is 20.5 Å². The van der Waals surface area contributed by atoms with Gasteiger partial charge in [0.2, 0.25) is 5.91 Å². The third-order valence-electron chi connectivity index (χ3n) is 6.37. The van der Waals surface area contributed by atoms with E-state index in [2.05, 4.69) is 34.9 Å². The Balaban J connectivity index is 1.24. The first kappa shape index (κ1) is 21.9. The second-order valence-corrected chi connectivity index (χ2v) is 8.52. The molecule has 0 unspecified atom stereocenters. The van der Waals surface area contributed by atoms with Crippen LogP contribution in [0.15, 0.2) is 48.5 Å². The van der Waals surface area contributed by atoms with Crippen molar-refractivity contribution in [3.05, 3.63) is 59.7 Å². The molecule has 4 rings (SSSR count). The Morgan fingerprint density at radius 1 is 1.06 bits per heavy atom. The molecule has 3 atom stereocenters. The van der Waals surface area contributed by atoms with Crippen LogP contribution in [-0.2, 0) is 14.3 Å². The van der Waals surface area contributed by atoms with Gasteiger partial charge in [0.15, 0.2) is 0 Å². The van der Waals surface area contributed by atoms with Crippen LogP contribution < -0.4 is 10.6 Å². The Morgan fingerprint density at radius 3 is 2.28 bits per heavy atom. The van der Waals surface area contributed by atoms with Gasteiger partial charge in [-0.1, -0.05) is 55.5 Å². The maximum Gasteiger partial charge on any atom is 0.407 e. The van der Waals surface area contributed by atoms with Crippen LogP contribution >= 0.6 is 0 Å². The number of rotatable bonds is 9. The van der Waals surface area contributed by atoms with Crippen molar-refractivity contribution in [2.24, 2.45) is 11.8 Å². The molecule has 1 saturated carbocycles. The lowest BCUT2D eigenvalue weighted by atomic mass is 9.98. The summed E-state index contributed by atoms with van der Waals surface area (Å²) in [5.74, 6) is -1.20. The van der Waals surface area contributed by atoms with Crippen molar-refractivity contribution in [2.45, 2.75) is 38.1 Å². The molecule has 0 aliphatic heterocycles. The minimum absolute atomic E-state index is 0.00723. The molecule has 0 aromatic heterocycles. The molecule has 0 bridgehead atoms. The fourth-order valence-corrected chi connectivity index (χ4v) is 4.47. The van der Waals surface area contributed by atoms with Gasteiger partial charge in [0.1, 0.15) is 6.61 Å². The van der Waals surface area contributed by atoms with Crippen LogP contribution in [0.2, 0.25) is 0 Å². The highest BCUT2D eigenvalue weighted by molar-refractivity contribution is 5.82. The van der Waals surface area contributed by atoms with Gasteiger partial charge >= 0.3 is 12.1 Å². The Morgan fingerprint density at radius 2 is 1.69 bits per heavy atom. The summed E-state index contributed by atoms with van der Waals surface area (Å²) in [6.45, 7) is 2.46. The monoisotopic (exact) mass is 436 g/mol. The third-order valence-corrected chi connectivity index (χ3v) is 6.37. The quantitative estimate of drug-likeness (QED) is 0.558. The predicted octanol–water partition coefficient (Wildman–Crippen LogP) is 3.53. The Hall–Kier alpha value is -3.35. The van der Waals surface area contributed by atoms with Gasteiger partial charge in [-0.05, 0) is 41.0 Å². The molecule has 32 heavy (non-hydrogen) atoms. The van der Waals surface area contributed by atoms with Gasteiger partial charge in [-0.2, -0.15) is 0 Å². The number of aliphatic carboxylic acids is 1. The highest BCUT2D eigenvalue weighted by Crippen LogP contribution is 2.44. The fourth-order valence-electron chi connectivity index (χ4n) is 4.47. The highest BCUT2D eigenvalue weighted by atomic mass is 16.5. The number of carboxylic acids is 1. The van der Waals surface area contributed by atoms with Crippen LogP contribution in [0.1, 0.15) is 43.2 Å². The molecule has 0 saturated heterocycles. The molecule has 0 radical (unpaired) electrons. The molecular weight excluding hydrogens is 408 g/mol. The molecule has 0 spiro atoms. The second kappa shape index (κ2) is 9.42. The van der Waals surface area contributed by atoms with Crippen LogP contribution in [0.25, 0.3) is 11.1 Å². The summed E-state index contributed by atoms with van der Waals surface area (Å²) in [6, 6.07) is 16.0. The van der Waals surface area contributed by atoms with Crippen molar-refractivity contribution in [1.82, 2.24) is 10.6 Å². The molecule has 1 fully saturated rings. The van der Waals surface area contributed by atoms with Gasteiger partial charge in [0, 0.05) is 24.4 Å². The number of nitrogens with one attached hydrogen (secondary N) is 2. The van der Waals surface area contributed by atoms with Crippen LogP contribution in [0.3, 0.4) is 0 Å². The van der Waals surface area contributed by atoms with E-state index in [4.69, 9.17) is 9.84 Å². The molecule has 3 N–H and O–H groups in total. The number of benzene rings is 2. The maximum atomic E-state index is 12.3. The molecule has 168 valence electrons. The molecule has 2 aromatic rings. The number of carboxylic acid groups (broad SMARTS) is 1. The number of fused-ring (bicyclic) bond motifs is 3. The zero-order chi connectivity index (χ0) is 22.7. The Kier molecular flexibility index (Phi) is 6.44. The number of carbonyl (C=O) groups is 3. The average Bonchev–Trinajstić information content (AvgIpc) is 3.51. The van der Waals surface area contributed by atoms with Gasteiger partial charge in [-0.15, -0.1) is 0 Å². The van der Waals surface area contributed by atoms with Crippen molar-refractivity contribution in [1.29, 1.82) is 0 Å². The van der Waals surface area contributed by atoms with Crippen molar-refractivity contribution in [2.75, 3.05) is 13.2 Å². The van der Waals surface area contributed by atoms with Gasteiger partial charge in [0.25, 0.3) is 0 Å². The van der Waals surface area contributed by atoms with E-state index in [1.54, 1.807) is 0 Å². The van der Waals surface area contributed by atoms with Crippen molar-refractivity contribution < 1.29 is 24.2 Å². The van der Waals surface area contributed by atoms with E-state index in [1.807, 2.05) is 31.2 Å². The number of hydrogen-bond acceptors (Lipinski definition) is 4. The molecule has 2 aromatic carbocycles. The summed E-state index contributed by atoms with van der Waals surface area (Å²) in [6.07, 6.45) is 0.666. The number of hydrogen-bond donors (Lipinski definition) is 3. The van der Waals surface area contributed by atoms with E-state index in [1.165, 1.54) is 11.1 Å². The Bertz CT molecular complexity index is 975. The minimum atomic E-state index is -0.929. The van der Waals surface area contributed by atoms with Crippen molar-refractivity contribution >= 4 is 18.0 Å². The van der Waals surface area contributed by atoms with E-state index in [9.17, 15) is 14.4 Å². The lowest BCUT2D eigenvalue weighted by molar-refractivity contribution is -0.137. The standard InChI is InChI=1S/C25H28N2O5/c1-2-16(12-23(28)29)27-24(30)21-11-15(21)13-26-25(31)32-14-22-19-9-5-3-7-17(19)18-8-4-6-10-20(18)22/h3-10,15-16,21-22H,2,11-14H2,1H3,(H,26,31)(H,27,30)(H,28,29)/t15-,16-,21-/m0/s1. The number of alkyl carbamates (subject to hydrolysis) is 1.